The van der Waals surface area contributed by atoms with Crippen molar-refractivity contribution in [1.82, 2.24) is 10.6 Å². The van der Waals surface area contributed by atoms with Gasteiger partial charge in [0.05, 0.1) is 12.6 Å². The first-order valence-electron chi connectivity index (χ1n) is 6.82. The molecule has 3 nitrogen and oxygen atoms in total. The molecule has 17 heavy (non-hydrogen) atoms. The molecular weight excluding hydrogens is 232 g/mol. The molecule has 1 fully saturated rings. The second kappa shape index (κ2) is 8.70. The number of hydrogen-bond acceptors (Lipinski definition) is 2. The summed E-state index contributed by atoms with van der Waals surface area (Å²) in [4.78, 5) is 0. The summed E-state index contributed by atoms with van der Waals surface area (Å²) >= 11 is 5.36. The Bertz CT molecular complexity index is 211. The van der Waals surface area contributed by atoms with Crippen LogP contribution in [0.2, 0.25) is 0 Å². The average molecular weight is 258 g/mol. The zero-order chi connectivity index (χ0) is 12.5. The number of methoxy groups -OCH3 is 1. The van der Waals surface area contributed by atoms with E-state index in [4.69, 9.17) is 17.0 Å². The minimum absolute atomic E-state index is 0.341. The van der Waals surface area contributed by atoms with Gasteiger partial charge in [-0.25, -0.2) is 0 Å². The van der Waals surface area contributed by atoms with E-state index in [2.05, 4.69) is 17.6 Å². The maximum absolute atomic E-state index is 5.36. The fourth-order valence-electron chi connectivity index (χ4n) is 2.41. The maximum Gasteiger partial charge on any atom is 0.166 e. The van der Waals surface area contributed by atoms with Crippen LogP contribution in [0.25, 0.3) is 0 Å². The summed E-state index contributed by atoms with van der Waals surface area (Å²) in [6.07, 6.45) is 8.79. The monoisotopic (exact) mass is 258 g/mol. The van der Waals surface area contributed by atoms with Crippen LogP contribution < -0.4 is 10.6 Å². The Morgan fingerprint density at radius 1 is 1.35 bits per heavy atom. The molecule has 0 saturated heterocycles. The topological polar surface area (TPSA) is 33.3 Å². The molecule has 1 aliphatic rings. The van der Waals surface area contributed by atoms with Crippen LogP contribution in [0.4, 0.5) is 0 Å². The minimum atomic E-state index is 0.341. The predicted octanol–water partition coefficient (Wildman–Crippen LogP) is 2.60. The number of thiocarbonyl (C=S) groups is 1. The molecule has 0 bridgehead atoms. The second-order valence-corrected chi connectivity index (χ2v) is 5.30. The summed E-state index contributed by atoms with van der Waals surface area (Å²) in [6.45, 7) is 2.91. The van der Waals surface area contributed by atoms with Crippen molar-refractivity contribution in [3.8, 4) is 0 Å². The van der Waals surface area contributed by atoms with Crippen LogP contribution in [-0.2, 0) is 4.74 Å². The molecular formula is C13H26N2OS. The number of rotatable bonds is 6. The summed E-state index contributed by atoms with van der Waals surface area (Å²) in [5.41, 5.74) is 0. The second-order valence-electron chi connectivity index (χ2n) is 4.89. The van der Waals surface area contributed by atoms with Crippen molar-refractivity contribution >= 4 is 17.3 Å². The lowest BCUT2D eigenvalue weighted by molar-refractivity contribution is 0.169. The zero-order valence-corrected chi connectivity index (χ0v) is 11.9. The summed E-state index contributed by atoms with van der Waals surface area (Å²) in [5, 5.41) is 7.59. The molecule has 1 unspecified atom stereocenters. The van der Waals surface area contributed by atoms with Crippen LogP contribution in [0.15, 0.2) is 0 Å². The molecule has 100 valence electrons. The lowest BCUT2D eigenvalue weighted by atomic mass is 9.96. The highest BCUT2D eigenvalue weighted by molar-refractivity contribution is 7.80. The first-order valence-corrected chi connectivity index (χ1v) is 7.23. The number of hydrogen-bond donors (Lipinski definition) is 2. The van der Waals surface area contributed by atoms with E-state index in [1.165, 1.54) is 32.1 Å². The normalized spacial score (nSPS) is 18.7. The third-order valence-electron chi connectivity index (χ3n) is 3.28. The average Bonchev–Trinajstić information content (AvgIpc) is 2.30. The van der Waals surface area contributed by atoms with Gasteiger partial charge in [0.25, 0.3) is 0 Å². The molecule has 0 aromatic heterocycles. The number of ether oxygens (including phenoxy) is 1. The first-order chi connectivity index (χ1) is 8.26. The highest BCUT2D eigenvalue weighted by atomic mass is 32.1. The highest BCUT2D eigenvalue weighted by Crippen LogP contribution is 2.17. The molecule has 1 saturated carbocycles. The number of nitrogens with one attached hydrogen (secondary N) is 2. The molecule has 0 aliphatic heterocycles. The molecule has 0 aromatic rings. The van der Waals surface area contributed by atoms with Gasteiger partial charge in [-0.3, -0.25) is 0 Å². The Balaban J connectivity index is 2.25. The van der Waals surface area contributed by atoms with Gasteiger partial charge in [0.2, 0.25) is 0 Å². The fourth-order valence-corrected chi connectivity index (χ4v) is 2.74. The first kappa shape index (κ1) is 14.7. The Kier molecular flexibility index (Phi) is 7.53. The van der Waals surface area contributed by atoms with Crippen molar-refractivity contribution in [2.75, 3.05) is 13.7 Å². The van der Waals surface area contributed by atoms with Gasteiger partial charge in [0, 0.05) is 13.2 Å². The van der Waals surface area contributed by atoms with Crippen LogP contribution in [0, 0.1) is 0 Å². The molecule has 0 spiro atoms. The van der Waals surface area contributed by atoms with Crippen molar-refractivity contribution < 1.29 is 4.74 Å². The zero-order valence-electron chi connectivity index (χ0n) is 11.1. The SMILES string of the molecule is CCCC(COC)NC(=S)NC1CCCCC1. The molecule has 1 atom stereocenters. The van der Waals surface area contributed by atoms with Crippen molar-refractivity contribution in [3.63, 3.8) is 0 Å². The van der Waals surface area contributed by atoms with Crippen molar-refractivity contribution in [1.29, 1.82) is 0 Å². The van der Waals surface area contributed by atoms with E-state index in [0.29, 0.717) is 12.1 Å². The molecule has 1 aliphatic carbocycles. The van der Waals surface area contributed by atoms with Crippen molar-refractivity contribution in [2.24, 2.45) is 0 Å². The van der Waals surface area contributed by atoms with Crippen molar-refractivity contribution in [2.45, 2.75) is 64.0 Å². The van der Waals surface area contributed by atoms with E-state index >= 15 is 0 Å². The quantitative estimate of drug-likeness (QED) is 0.718. The smallest absolute Gasteiger partial charge is 0.166 e. The van der Waals surface area contributed by atoms with Crippen molar-refractivity contribution in [3.05, 3.63) is 0 Å². The van der Waals surface area contributed by atoms with Crippen LogP contribution in [0.3, 0.4) is 0 Å². The van der Waals surface area contributed by atoms with Gasteiger partial charge in [-0.2, -0.15) is 0 Å². The summed E-state index contributed by atoms with van der Waals surface area (Å²) in [6, 6.07) is 0.919. The van der Waals surface area contributed by atoms with Gasteiger partial charge in [0.1, 0.15) is 0 Å². The van der Waals surface area contributed by atoms with E-state index in [0.717, 1.165) is 24.6 Å². The van der Waals surface area contributed by atoms with Crippen LogP contribution in [0.1, 0.15) is 51.9 Å². The molecule has 2 N–H and O–H groups in total. The third kappa shape index (κ3) is 6.22. The predicted molar refractivity (Wildman–Crippen MR) is 76.3 cm³/mol. The van der Waals surface area contributed by atoms with E-state index in [9.17, 15) is 0 Å². The third-order valence-corrected chi connectivity index (χ3v) is 3.52. The van der Waals surface area contributed by atoms with Gasteiger partial charge in [-0.15, -0.1) is 0 Å². The summed E-state index contributed by atoms with van der Waals surface area (Å²) < 4.78 is 5.20. The van der Waals surface area contributed by atoms with E-state index in [-0.39, 0.29) is 0 Å². The van der Waals surface area contributed by atoms with Gasteiger partial charge in [-0.05, 0) is 31.5 Å². The van der Waals surface area contributed by atoms with Crippen LogP contribution in [-0.4, -0.2) is 30.9 Å². The lowest BCUT2D eigenvalue weighted by Crippen LogP contribution is -2.47. The molecule has 0 radical (unpaired) electrons. The van der Waals surface area contributed by atoms with Gasteiger partial charge < -0.3 is 15.4 Å². The molecule has 4 heteroatoms. The molecule has 0 amide bonds. The summed E-state index contributed by atoms with van der Waals surface area (Å²) in [5.74, 6) is 0. The fraction of sp³-hybridized carbons (Fsp3) is 0.923. The Morgan fingerprint density at radius 2 is 2.06 bits per heavy atom. The molecule has 0 heterocycles. The van der Waals surface area contributed by atoms with Gasteiger partial charge in [-0.1, -0.05) is 32.6 Å². The minimum Gasteiger partial charge on any atom is -0.383 e. The largest absolute Gasteiger partial charge is 0.383 e. The van der Waals surface area contributed by atoms with E-state index in [1.54, 1.807) is 7.11 Å². The Labute approximate surface area is 111 Å². The summed E-state index contributed by atoms with van der Waals surface area (Å²) in [7, 11) is 1.74. The van der Waals surface area contributed by atoms with Gasteiger partial charge in [0.15, 0.2) is 5.11 Å². The standard InChI is InChI=1S/C13H26N2OS/c1-3-7-12(10-16-2)15-13(17)14-11-8-5-4-6-9-11/h11-12H,3-10H2,1-2H3,(H2,14,15,17). The Morgan fingerprint density at radius 3 is 2.65 bits per heavy atom. The maximum atomic E-state index is 5.36. The lowest BCUT2D eigenvalue weighted by Gasteiger charge is -2.26. The Hall–Kier alpha value is -0.350. The highest BCUT2D eigenvalue weighted by Gasteiger charge is 2.15. The van der Waals surface area contributed by atoms with Crippen LogP contribution in [0.5, 0.6) is 0 Å². The van der Waals surface area contributed by atoms with E-state index < -0.39 is 0 Å². The molecule has 0 aromatic carbocycles. The van der Waals surface area contributed by atoms with Gasteiger partial charge >= 0.3 is 0 Å². The molecule has 1 rings (SSSR count). The van der Waals surface area contributed by atoms with Crippen LogP contribution >= 0.6 is 12.2 Å². The van der Waals surface area contributed by atoms with E-state index in [1.807, 2.05) is 0 Å².